The normalized spacial score (nSPS) is 10.0. The van der Waals surface area contributed by atoms with Crippen LogP contribution in [-0.2, 0) is 0 Å². The van der Waals surface area contributed by atoms with Crippen molar-refractivity contribution in [2.45, 2.75) is 4.90 Å². The molecule has 0 saturated carbocycles. The Labute approximate surface area is 83.4 Å². The molecule has 0 atom stereocenters. The lowest BCUT2D eigenvalue weighted by molar-refractivity contribution is 0.397. The molecule has 0 heterocycles. The Morgan fingerprint density at radius 1 is 1.50 bits per heavy atom. The van der Waals surface area contributed by atoms with Crippen molar-refractivity contribution >= 4 is 27.7 Å². The van der Waals surface area contributed by atoms with Gasteiger partial charge in [0.2, 0.25) is 0 Å². The number of rotatable bonds is 2. The van der Waals surface area contributed by atoms with Crippen molar-refractivity contribution in [2.24, 2.45) is 0 Å². The number of halogens is 2. The van der Waals surface area contributed by atoms with Crippen LogP contribution in [0.4, 0.5) is 4.39 Å². The summed E-state index contributed by atoms with van der Waals surface area (Å²) < 4.78 is 18.9. The summed E-state index contributed by atoms with van der Waals surface area (Å²) in [4.78, 5) is 0.542. The van der Waals surface area contributed by atoms with Crippen LogP contribution in [0.15, 0.2) is 21.5 Å². The summed E-state index contributed by atoms with van der Waals surface area (Å²) in [5.41, 5.74) is 0. The molecule has 0 N–H and O–H groups in total. The third kappa shape index (κ3) is 1.93. The molecule has 1 aromatic rings. The molecule has 12 heavy (non-hydrogen) atoms. The second-order valence-electron chi connectivity index (χ2n) is 2.12. The highest BCUT2D eigenvalue weighted by Crippen LogP contribution is 2.33. The number of hydrogen-bond acceptors (Lipinski definition) is 2. The monoisotopic (exact) mass is 250 g/mol. The first-order valence-corrected chi connectivity index (χ1v) is 5.28. The fourth-order valence-corrected chi connectivity index (χ4v) is 1.89. The molecule has 0 amide bonds. The lowest BCUT2D eigenvalue weighted by Crippen LogP contribution is -1.89. The summed E-state index contributed by atoms with van der Waals surface area (Å²) in [5, 5.41) is 0. The highest BCUT2D eigenvalue weighted by molar-refractivity contribution is 9.10. The molecule has 1 rings (SSSR count). The lowest BCUT2D eigenvalue weighted by atomic mass is 10.3. The lowest BCUT2D eigenvalue weighted by Gasteiger charge is -2.07. The van der Waals surface area contributed by atoms with Crippen LogP contribution in [0.5, 0.6) is 5.75 Å². The van der Waals surface area contributed by atoms with Crippen molar-refractivity contribution in [3.8, 4) is 5.75 Å². The van der Waals surface area contributed by atoms with E-state index in [1.54, 1.807) is 6.07 Å². The van der Waals surface area contributed by atoms with Gasteiger partial charge in [0, 0.05) is 4.47 Å². The van der Waals surface area contributed by atoms with Gasteiger partial charge >= 0.3 is 0 Å². The minimum absolute atomic E-state index is 0.256. The van der Waals surface area contributed by atoms with Gasteiger partial charge in [-0.2, -0.15) is 0 Å². The Hall–Kier alpha value is -0.220. The van der Waals surface area contributed by atoms with Gasteiger partial charge in [-0.05, 0) is 18.4 Å². The molecule has 0 aliphatic carbocycles. The number of benzene rings is 1. The molecular weight excluding hydrogens is 243 g/mol. The molecule has 0 aliphatic heterocycles. The Morgan fingerprint density at radius 3 is 2.67 bits per heavy atom. The van der Waals surface area contributed by atoms with Crippen molar-refractivity contribution in [1.82, 2.24) is 0 Å². The third-order valence-corrected chi connectivity index (χ3v) is 2.66. The van der Waals surface area contributed by atoms with Crippen molar-refractivity contribution in [2.75, 3.05) is 13.4 Å². The van der Waals surface area contributed by atoms with Crippen LogP contribution in [0.1, 0.15) is 0 Å². The zero-order valence-electron chi connectivity index (χ0n) is 6.73. The SMILES string of the molecule is COc1cc(Br)cc(F)c1SC. The van der Waals surface area contributed by atoms with Gasteiger partial charge in [-0.15, -0.1) is 11.8 Å². The van der Waals surface area contributed by atoms with Gasteiger partial charge in [-0.1, -0.05) is 15.9 Å². The van der Waals surface area contributed by atoms with E-state index in [9.17, 15) is 4.39 Å². The maximum atomic E-state index is 13.2. The quantitative estimate of drug-likeness (QED) is 0.745. The molecule has 0 radical (unpaired) electrons. The Balaban J connectivity index is 3.24. The van der Waals surface area contributed by atoms with Crippen LogP contribution in [0.2, 0.25) is 0 Å². The van der Waals surface area contributed by atoms with E-state index >= 15 is 0 Å². The minimum atomic E-state index is -0.256. The van der Waals surface area contributed by atoms with E-state index in [0.29, 0.717) is 15.1 Å². The highest BCUT2D eigenvalue weighted by atomic mass is 79.9. The van der Waals surface area contributed by atoms with E-state index < -0.39 is 0 Å². The fraction of sp³-hybridized carbons (Fsp3) is 0.250. The van der Waals surface area contributed by atoms with Gasteiger partial charge < -0.3 is 4.74 Å². The average Bonchev–Trinajstić information content (AvgIpc) is 2.03. The first-order chi connectivity index (χ1) is 5.69. The summed E-state index contributed by atoms with van der Waals surface area (Å²) in [6.07, 6.45) is 1.81. The molecule has 1 aromatic carbocycles. The summed E-state index contributed by atoms with van der Waals surface area (Å²) >= 11 is 4.52. The zero-order chi connectivity index (χ0) is 9.14. The van der Waals surface area contributed by atoms with Gasteiger partial charge in [-0.25, -0.2) is 4.39 Å². The third-order valence-electron chi connectivity index (χ3n) is 1.40. The van der Waals surface area contributed by atoms with E-state index in [-0.39, 0.29) is 5.82 Å². The molecule has 66 valence electrons. The number of ether oxygens (including phenoxy) is 1. The van der Waals surface area contributed by atoms with Crippen LogP contribution in [0.25, 0.3) is 0 Å². The predicted octanol–water partition coefficient (Wildman–Crippen LogP) is 3.32. The largest absolute Gasteiger partial charge is 0.495 e. The number of hydrogen-bond donors (Lipinski definition) is 0. The zero-order valence-corrected chi connectivity index (χ0v) is 9.13. The van der Waals surface area contributed by atoms with Crippen LogP contribution >= 0.6 is 27.7 Å². The Bertz CT molecular complexity index is 291. The predicted molar refractivity (Wildman–Crippen MR) is 52.4 cm³/mol. The summed E-state index contributed by atoms with van der Waals surface area (Å²) in [6.45, 7) is 0. The van der Waals surface area contributed by atoms with E-state index in [2.05, 4.69) is 15.9 Å². The van der Waals surface area contributed by atoms with E-state index in [1.165, 1.54) is 24.9 Å². The standard InChI is InChI=1S/C8H8BrFOS/c1-11-7-4-5(9)3-6(10)8(7)12-2/h3-4H,1-2H3. The summed E-state index contributed by atoms with van der Waals surface area (Å²) in [7, 11) is 1.53. The van der Waals surface area contributed by atoms with Crippen molar-refractivity contribution in [3.05, 3.63) is 22.4 Å². The molecular formula is C8H8BrFOS. The van der Waals surface area contributed by atoms with E-state index in [4.69, 9.17) is 4.74 Å². The Kier molecular flexibility index (Phi) is 3.40. The van der Waals surface area contributed by atoms with Gasteiger partial charge in [0.15, 0.2) is 0 Å². The molecule has 0 fully saturated rings. The van der Waals surface area contributed by atoms with Crippen molar-refractivity contribution in [1.29, 1.82) is 0 Å². The number of thioether (sulfide) groups is 1. The van der Waals surface area contributed by atoms with Gasteiger partial charge in [0.05, 0.1) is 12.0 Å². The van der Waals surface area contributed by atoms with Crippen LogP contribution < -0.4 is 4.74 Å². The molecule has 1 nitrogen and oxygen atoms in total. The summed E-state index contributed by atoms with van der Waals surface area (Å²) in [6, 6.07) is 3.17. The maximum absolute atomic E-state index is 13.2. The van der Waals surface area contributed by atoms with Crippen LogP contribution in [0, 0.1) is 5.82 Å². The average molecular weight is 251 g/mol. The maximum Gasteiger partial charge on any atom is 0.141 e. The van der Waals surface area contributed by atoms with Gasteiger partial charge in [0.25, 0.3) is 0 Å². The van der Waals surface area contributed by atoms with Gasteiger partial charge in [0.1, 0.15) is 11.6 Å². The minimum Gasteiger partial charge on any atom is -0.495 e. The van der Waals surface area contributed by atoms with Crippen LogP contribution in [-0.4, -0.2) is 13.4 Å². The molecule has 0 bridgehead atoms. The van der Waals surface area contributed by atoms with Crippen LogP contribution in [0.3, 0.4) is 0 Å². The van der Waals surface area contributed by atoms with Crippen molar-refractivity contribution in [3.63, 3.8) is 0 Å². The summed E-state index contributed by atoms with van der Waals surface area (Å²) in [5.74, 6) is 0.308. The molecule has 0 spiro atoms. The van der Waals surface area contributed by atoms with E-state index in [0.717, 1.165) is 0 Å². The second kappa shape index (κ2) is 4.14. The second-order valence-corrected chi connectivity index (χ2v) is 3.86. The first kappa shape index (κ1) is 9.86. The Morgan fingerprint density at radius 2 is 2.17 bits per heavy atom. The molecule has 0 unspecified atom stereocenters. The molecule has 0 saturated heterocycles. The van der Waals surface area contributed by atoms with Crippen molar-refractivity contribution < 1.29 is 9.13 Å². The molecule has 0 aliphatic rings. The smallest absolute Gasteiger partial charge is 0.141 e. The fourth-order valence-electron chi connectivity index (χ4n) is 0.886. The molecule has 4 heteroatoms. The highest BCUT2D eigenvalue weighted by Gasteiger charge is 2.09. The van der Waals surface area contributed by atoms with Gasteiger partial charge in [-0.3, -0.25) is 0 Å². The topological polar surface area (TPSA) is 9.23 Å². The number of methoxy groups -OCH3 is 1. The molecule has 0 aromatic heterocycles. The van der Waals surface area contributed by atoms with E-state index in [1.807, 2.05) is 6.26 Å². The first-order valence-electron chi connectivity index (χ1n) is 3.26.